The summed E-state index contributed by atoms with van der Waals surface area (Å²) in [5, 5.41) is 11.6. The number of anilines is 2. The van der Waals surface area contributed by atoms with E-state index in [9.17, 15) is 9.18 Å². The number of halogens is 1. The summed E-state index contributed by atoms with van der Waals surface area (Å²) >= 11 is 0. The number of hydrogen-bond donors (Lipinski definition) is 2. The average molecular weight is 232 g/mol. The zero-order valence-corrected chi connectivity index (χ0v) is 8.72. The third-order valence-corrected chi connectivity index (χ3v) is 2.17. The molecule has 0 fully saturated rings. The zero-order chi connectivity index (χ0) is 12.3. The van der Waals surface area contributed by atoms with Gasteiger partial charge in [-0.05, 0) is 30.3 Å². The number of rotatable bonds is 3. The van der Waals surface area contributed by atoms with Crippen LogP contribution in [0, 0.1) is 5.82 Å². The quantitative estimate of drug-likeness (QED) is 0.853. The first-order valence-electron chi connectivity index (χ1n) is 4.87. The Morgan fingerprint density at radius 2 is 1.88 bits per heavy atom. The van der Waals surface area contributed by atoms with Crippen molar-refractivity contribution >= 4 is 17.3 Å². The van der Waals surface area contributed by atoms with E-state index in [1.54, 1.807) is 24.5 Å². The van der Waals surface area contributed by atoms with Crippen LogP contribution in [0.25, 0.3) is 0 Å². The van der Waals surface area contributed by atoms with Gasteiger partial charge in [0.25, 0.3) is 0 Å². The maximum Gasteiger partial charge on any atom is 0.338 e. The van der Waals surface area contributed by atoms with Crippen LogP contribution < -0.4 is 5.32 Å². The van der Waals surface area contributed by atoms with Crippen LogP contribution >= 0.6 is 0 Å². The molecule has 0 unspecified atom stereocenters. The van der Waals surface area contributed by atoms with Gasteiger partial charge in [0, 0.05) is 23.8 Å². The number of aromatic nitrogens is 1. The van der Waals surface area contributed by atoms with Crippen molar-refractivity contribution in [2.75, 3.05) is 5.32 Å². The Morgan fingerprint density at radius 3 is 2.47 bits per heavy atom. The van der Waals surface area contributed by atoms with Crippen LogP contribution in [0.4, 0.5) is 15.8 Å². The van der Waals surface area contributed by atoms with Crippen molar-refractivity contribution in [2.45, 2.75) is 0 Å². The molecule has 0 aliphatic rings. The molecule has 4 nitrogen and oxygen atoms in total. The first-order valence-corrected chi connectivity index (χ1v) is 4.87. The summed E-state index contributed by atoms with van der Waals surface area (Å²) in [5.74, 6) is -2.05. The summed E-state index contributed by atoms with van der Waals surface area (Å²) in [5.41, 5.74) is 0.895. The number of hydrogen-bond acceptors (Lipinski definition) is 3. The Kier molecular flexibility index (Phi) is 3.00. The molecule has 1 heterocycles. The third kappa shape index (κ3) is 2.57. The summed E-state index contributed by atoms with van der Waals surface area (Å²) in [4.78, 5) is 14.5. The summed E-state index contributed by atoms with van der Waals surface area (Å²) < 4.78 is 13.4. The van der Waals surface area contributed by atoms with Crippen molar-refractivity contribution in [2.24, 2.45) is 0 Å². The number of aromatic carboxylic acids is 1. The van der Waals surface area contributed by atoms with Gasteiger partial charge in [-0.1, -0.05) is 0 Å². The monoisotopic (exact) mass is 232 g/mol. The summed E-state index contributed by atoms with van der Waals surface area (Å²) in [7, 11) is 0. The zero-order valence-electron chi connectivity index (χ0n) is 8.72. The first-order chi connectivity index (χ1) is 8.16. The Labute approximate surface area is 96.7 Å². The van der Waals surface area contributed by atoms with Crippen LogP contribution in [0.5, 0.6) is 0 Å². The third-order valence-electron chi connectivity index (χ3n) is 2.17. The summed E-state index contributed by atoms with van der Waals surface area (Å²) in [6, 6.07) is 7.32. The van der Waals surface area contributed by atoms with E-state index in [1.165, 1.54) is 12.1 Å². The molecule has 0 atom stereocenters. The molecule has 86 valence electrons. The van der Waals surface area contributed by atoms with Crippen molar-refractivity contribution in [1.82, 2.24) is 4.98 Å². The van der Waals surface area contributed by atoms with Crippen molar-refractivity contribution in [3.05, 3.63) is 54.1 Å². The van der Waals surface area contributed by atoms with Crippen molar-refractivity contribution in [3.63, 3.8) is 0 Å². The van der Waals surface area contributed by atoms with Crippen molar-refractivity contribution < 1.29 is 14.3 Å². The number of carbonyl (C=O) groups is 1. The fraction of sp³-hybridized carbons (Fsp3) is 0. The Hall–Kier alpha value is -2.43. The minimum absolute atomic E-state index is 0.342. The van der Waals surface area contributed by atoms with E-state index >= 15 is 0 Å². The van der Waals surface area contributed by atoms with Gasteiger partial charge in [0.15, 0.2) is 0 Å². The number of carboxylic acids is 1. The van der Waals surface area contributed by atoms with E-state index in [0.29, 0.717) is 5.69 Å². The van der Waals surface area contributed by atoms with Gasteiger partial charge < -0.3 is 10.4 Å². The molecule has 1 aromatic carbocycles. The first kappa shape index (κ1) is 11.1. The Morgan fingerprint density at radius 1 is 1.18 bits per heavy atom. The summed E-state index contributed by atoms with van der Waals surface area (Å²) in [6.45, 7) is 0. The fourth-order valence-electron chi connectivity index (χ4n) is 1.37. The maximum atomic E-state index is 13.4. The lowest BCUT2D eigenvalue weighted by Gasteiger charge is -2.06. The highest BCUT2D eigenvalue weighted by Crippen LogP contribution is 2.18. The van der Waals surface area contributed by atoms with Gasteiger partial charge in [0.2, 0.25) is 0 Å². The molecule has 17 heavy (non-hydrogen) atoms. The summed E-state index contributed by atoms with van der Waals surface area (Å²) in [6.07, 6.45) is 3.20. The number of carboxylic acid groups (broad SMARTS) is 1. The predicted molar refractivity (Wildman–Crippen MR) is 60.9 cm³/mol. The van der Waals surface area contributed by atoms with Gasteiger partial charge in [-0.2, -0.15) is 0 Å². The van der Waals surface area contributed by atoms with E-state index in [4.69, 9.17) is 5.11 Å². The second-order valence-electron chi connectivity index (χ2n) is 3.36. The normalized spacial score (nSPS) is 9.94. The highest BCUT2D eigenvalue weighted by Gasteiger charge is 2.10. The fourth-order valence-corrected chi connectivity index (χ4v) is 1.37. The van der Waals surface area contributed by atoms with Crippen LogP contribution in [0.2, 0.25) is 0 Å². The molecule has 0 amide bonds. The number of pyridine rings is 1. The number of benzene rings is 1. The Bertz CT molecular complexity index is 543. The van der Waals surface area contributed by atoms with Crippen LogP contribution in [-0.4, -0.2) is 16.1 Å². The number of nitrogens with one attached hydrogen (secondary N) is 1. The molecule has 2 aromatic rings. The van der Waals surface area contributed by atoms with Crippen LogP contribution in [-0.2, 0) is 0 Å². The minimum Gasteiger partial charge on any atom is -0.478 e. The average Bonchev–Trinajstić information content (AvgIpc) is 2.30. The molecule has 5 heteroatoms. The largest absolute Gasteiger partial charge is 0.478 e. The predicted octanol–water partition coefficient (Wildman–Crippen LogP) is 2.66. The van der Waals surface area contributed by atoms with E-state index < -0.39 is 11.8 Å². The van der Waals surface area contributed by atoms with Gasteiger partial charge in [-0.15, -0.1) is 0 Å². The second kappa shape index (κ2) is 4.61. The molecule has 0 aliphatic heterocycles. The van der Waals surface area contributed by atoms with Crippen LogP contribution in [0.1, 0.15) is 10.4 Å². The molecule has 0 saturated carbocycles. The second-order valence-corrected chi connectivity index (χ2v) is 3.36. The lowest BCUT2D eigenvalue weighted by molar-refractivity contribution is 0.0692. The molecule has 0 bridgehead atoms. The Balaban J connectivity index is 2.24. The van der Waals surface area contributed by atoms with E-state index in [-0.39, 0.29) is 5.56 Å². The molecule has 2 N–H and O–H groups in total. The molecule has 0 saturated heterocycles. The smallest absolute Gasteiger partial charge is 0.338 e. The lowest BCUT2D eigenvalue weighted by Crippen LogP contribution is -2.01. The maximum absolute atomic E-state index is 13.4. The van der Waals surface area contributed by atoms with E-state index in [0.717, 1.165) is 11.8 Å². The lowest BCUT2D eigenvalue weighted by atomic mass is 10.2. The molecule has 0 aliphatic carbocycles. The molecule has 0 spiro atoms. The highest BCUT2D eigenvalue weighted by atomic mass is 19.1. The van der Waals surface area contributed by atoms with Crippen LogP contribution in [0.15, 0.2) is 42.7 Å². The standard InChI is InChI=1S/C12H9FN2O2/c13-11-7-9(1-2-10(11)12(16)17)15-8-3-5-14-6-4-8/h1-7H,(H,14,15)(H,16,17). The molecule has 0 radical (unpaired) electrons. The van der Waals surface area contributed by atoms with Crippen molar-refractivity contribution in [3.8, 4) is 0 Å². The highest BCUT2D eigenvalue weighted by molar-refractivity contribution is 5.88. The molecular weight excluding hydrogens is 223 g/mol. The van der Waals surface area contributed by atoms with Gasteiger partial charge in [-0.25, -0.2) is 9.18 Å². The van der Waals surface area contributed by atoms with E-state index in [2.05, 4.69) is 10.3 Å². The minimum atomic E-state index is -1.28. The molecule has 1 aromatic heterocycles. The van der Waals surface area contributed by atoms with Gasteiger partial charge in [0.05, 0.1) is 5.56 Å². The van der Waals surface area contributed by atoms with E-state index in [1.807, 2.05) is 0 Å². The van der Waals surface area contributed by atoms with Crippen LogP contribution in [0.3, 0.4) is 0 Å². The van der Waals surface area contributed by atoms with Gasteiger partial charge in [-0.3, -0.25) is 4.98 Å². The topological polar surface area (TPSA) is 62.2 Å². The van der Waals surface area contributed by atoms with Crippen molar-refractivity contribution in [1.29, 1.82) is 0 Å². The number of nitrogens with zero attached hydrogens (tertiary/aromatic N) is 1. The molecule has 2 rings (SSSR count). The molecular formula is C12H9FN2O2. The van der Waals surface area contributed by atoms with Gasteiger partial charge in [0.1, 0.15) is 5.82 Å². The SMILES string of the molecule is O=C(O)c1ccc(Nc2ccncc2)cc1F. The van der Waals surface area contributed by atoms with Gasteiger partial charge >= 0.3 is 5.97 Å².